The van der Waals surface area contributed by atoms with Crippen molar-refractivity contribution < 1.29 is 9.59 Å². The zero-order chi connectivity index (χ0) is 24.4. The van der Waals surface area contributed by atoms with E-state index in [9.17, 15) is 9.59 Å². The van der Waals surface area contributed by atoms with Crippen LogP contribution < -0.4 is 16.1 Å². The molecule has 0 aromatic carbocycles. The highest BCUT2D eigenvalue weighted by atomic mass is 16.2. The summed E-state index contributed by atoms with van der Waals surface area (Å²) in [5.41, 5.74) is 5.41. The Morgan fingerprint density at radius 3 is 2.45 bits per heavy atom. The molecule has 10 heteroatoms. The maximum Gasteiger partial charge on any atom is 0.288 e. The summed E-state index contributed by atoms with van der Waals surface area (Å²) in [6.07, 6.45) is 9.60. The Morgan fingerprint density at radius 1 is 1.15 bits per heavy atom. The van der Waals surface area contributed by atoms with Gasteiger partial charge in [0.05, 0.1) is 30.2 Å². The fraction of sp³-hybridized carbons (Fsp3) is 0.261. The molecule has 0 aliphatic carbocycles. The van der Waals surface area contributed by atoms with E-state index in [4.69, 9.17) is 0 Å². The third-order valence-corrected chi connectivity index (χ3v) is 5.04. The van der Waals surface area contributed by atoms with Crippen molar-refractivity contribution in [2.45, 2.75) is 0 Å². The summed E-state index contributed by atoms with van der Waals surface area (Å²) in [5, 5.41) is 10.8. The van der Waals surface area contributed by atoms with Gasteiger partial charge in [0.1, 0.15) is 11.5 Å². The van der Waals surface area contributed by atoms with Gasteiger partial charge in [-0.05, 0) is 30.6 Å². The number of hydrogen-bond donors (Lipinski definition) is 3. The van der Waals surface area contributed by atoms with E-state index in [0.29, 0.717) is 30.3 Å². The molecule has 1 amide bonds. The number of carbonyl (C=O) groups is 2. The van der Waals surface area contributed by atoms with Crippen molar-refractivity contribution in [3.05, 3.63) is 79.4 Å². The number of hydrogen-bond acceptors (Lipinski definition) is 6. The van der Waals surface area contributed by atoms with Gasteiger partial charge >= 0.3 is 0 Å². The molecule has 2 rings (SSSR count). The molecule has 0 aliphatic heterocycles. The summed E-state index contributed by atoms with van der Waals surface area (Å²) in [6, 6.07) is 5.30. The van der Waals surface area contributed by atoms with Crippen LogP contribution in [0.1, 0.15) is 21.0 Å². The number of rotatable bonds is 12. The van der Waals surface area contributed by atoms with Gasteiger partial charge < -0.3 is 29.6 Å². The minimum atomic E-state index is -0.304. The molecule has 2 aromatic rings. The SMILES string of the molecule is C=CN(C)/C(=C\NC/C(=N/NC(=O)c1cccn1C)N(C)C=C)CNc1cc(C=O)n(C)c1. The predicted octanol–water partition coefficient (Wildman–Crippen LogP) is 1.91. The van der Waals surface area contributed by atoms with Crippen LogP contribution >= 0.6 is 0 Å². The number of amidine groups is 1. The van der Waals surface area contributed by atoms with Gasteiger partial charge in [-0.1, -0.05) is 13.2 Å². The number of nitrogens with zero attached hydrogens (tertiary/aromatic N) is 5. The molecule has 0 radical (unpaired) electrons. The molecule has 10 nitrogen and oxygen atoms in total. The Morgan fingerprint density at radius 2 is 1.88 bits per heavy atom. The van der Waals surface area contributed by atoms with Crippen molar-refractivity contribution in [3.63, 3.8) is 0 Å². The summed E-state index contributed by atoms with van der Waals surface area (Å²) < 4.78 is 3.48. The van der Waals surface area contributed by atoms with Crippen LogP contribution in [-0.2, 0) is 14.1 Å². The molecule has 0 atom stereocenters. The highest BCUT2D eigenvalue weighted by Crippen LogP contribution is 2.12. The van der Waals surface area contributed by atoms with E-state index in [2.05, 4.69) is 34.3 Å². The molecule has 0 fully saturated rings. The molecule has 0 bridgehead atoms. The first-order valence-corrected chi connectivity index (χ1v) is 10.3. The van der Waals surface area contributed by atoms with Gasteiger partial charge in [0.2, 0.25) is 0 Å². The molecule has 3 N–H and O–H groups in total. The van der Waals surface area contributed by atoms with Crippen LogP contribution in [0.2, 0.25) is 0 Å². The van der Waals surface area contributed by atoms with Crippen molar-refractivity contribution in [1.29, 1.82) is 0 Å². The molecular weight excluding hydrogens is 420 g/mol. The third kappa shape index (κ3) is 6.89. The number of carbonyl (C=O) groups excluding carboxylic acids is 2. The van der Waals surface area contributed by atoms with Gasteiger partial charge in [-0.25, -0.2) is 5.43 Å². The van der Waals surface area contributed by atoms with Crippen molar-refractivity contribution in [3.8, 4) is 0 Å². The third-order valence-electron chi connectivity index (χ3n) is 5.04. The molecule has 0 aliphatic rings. The summed E-state index contributed by atoms with van der Waals surface area (Å²) in [6.45, 7) is 8.41. The van der Waals surface area contributed by atoms with Crippen LogP contribution in [0.4, 0.5) is 5.69 Å². The maximum absolute atomic E-state index is 12.4. The second-order valence-electron chi connectivity index (χ2n) is 7.31. The van der Waals surface area contributed by atoms with E-state index in [1.165, 1.54) is 0 Å². The number of hydrazone groups is 1. The Kier molecular flexibility index (Phi) is 9.10. The largest absolute Gasteiger partial charge is 0.382 e. The average Bonchev–Trinajstić information content (AvgIpc) is 3.41. The normalized spacial score (nSPS) is 11.5. The minimum Gasteiger partial charge on any atom is -0.382 e. The van der Waals surface area contributed by atoms with E-state index >= 15 is 0 Å². The zero-order valence-electron chi connectivity index (χ0n) is 19.6. The lowest BCUT2D eigenvalue weighted by Crippen LogP contribution is -2.34. The lowest BCUT2D eigenvalue weighted by atomic mass is 10.3. The molecule has 2 aromatic heterocycles. The van der Waals surface area contributed by atoms with Crippen LogP contribution in [0.15, 0.2) is 73.1 Å². The van der Waals surface area contributed by atoms with E-state index in [1.807, 2.05) is 31.4 Å². The van der Waals surface area contributed by atoms with E-state index in [0.717, 1.165) is 17.7 Å². The number of nitrogens with one attached hydrogen (secondary N) is 3. The molecule has 0 saturated carbocycles. The second kappa shape index (κ2) is 12.0. The lowest BCUT2D eigenvalue weighted by Gasteiger charge is -2.20. The van der Waals surface area contributed by atoms with Crippen molar-refractivity contribution >= 4 is 23.7 Å². The highest BCUT2D eigenvalue weighted by molar-refractivity contribution is 5.94. The van der Waals surface area contributed by atoms with Crippen LogP contribution in [0.5, 0.6) is 0 Å². The number of likely N-dealkylation sites (N-methyl/N-ethyl adjacent to an activating group) is 2. The topological polar surface area (TPSA) is 98.9 Å². The van der Waals surface area contributed by atoms with Gasteiger partial charge in [0.15, 0.2) is 6.29 Å². The number of amides is 1. The lowest BCUT2D eigenvalue weighted by molar-refractivity contribution is 0.0946. The first-order chi connectivity index (χ1) is 15.8. The Bertz CT molecular complexity index is 1050. The van der Waals surface area contributed by atoms with Gasteiger partial charge in [-0.2, -0.15) is 5.10 Å². The Labute approximate surface area is 194 Å². The monoisotopic (exact) mass is 452 g/mol. The second-order valence-corrected chi connectivity index (χ2v) is 7.31. The van der Waals surface area contributed by atoms with Crippen LogP contribution in [-0.4, -0.2) is 64.1 Å². The molecule has 33 heavy (non-hydrogen) atoms. The van der Waals surface area contributed by atoms with E-state index < -0.39 is 0 Å². The van der Waals surface area contributed by atoms with Gasteiger partial charge in [0, 0.05) is 46.8 Å². The molecule has 0 saturated heterocycles. The molecule has 2 heterocycles. The quantitative estimate of drug-likeness (QED) is 0.197. The van der Waals surface area contributed by atoms with E-state index in [1.54, 1.807) is 64.9 Å². The standard InChI is InChI=1S/C23H32N8O2/c1-7-28(3)20(14-25-18-12-19(17-32)31(6)16-18)13-24-15-22(29(4)8-2)26-27-23(33)21-10-9-11-30(21)5/h7-13,16-17,24-25H,1-2,14-15H2,3-6H3,(H,27,33)/b20-13-,26-22-. The average molecular weight is 453 g/mol. The minimum absolute atomic E-state index is 0.304. The van der Waals surface area contributed by atoms with Crippen molar-refractivity contribution in [2.75, 3.05) is 32.5 Å². The summed E-state index contributed by atoms with van der Waals surface area (Å²) >= 11 is 0. The van der Waals surface area contributed by atoms with Gasteiger partial charge in [-0.3, -0.25) is 9.59 Å². The number of aryl methyl sites for hydroxylation is 2. The van der Waals surface area contributed by atoms with Crippen molar-refractivity contribution in [2.24, 2.45) is 19.2 Å². The maximum atomic E-state index is 12.4. The Balaban J connectivity index is 2.06. The summed E-state index contributed by atoms with van der Waals surface area (Å²) in [7, 11) is 7.29. The molecular formula is C23H32N8O2. The zero-order valence-corrected chi connectivity index (χ0v) is 19.6. The molecule has 176 valence electrons. The van der Waals surface area contributed by atoms with Crippen LogP contribution in [0, 0.1) is 0 Å². The summed E-state index contributed by atoms with van der Waals surface area (Å²) in [4.78, 5) is 27.0. The first kappa shape index (κ1) is 25.1. The summed E-state index contributed by atoms with van der Waals surface area (Å²) in [5.74, 6) is 0.262. The number of anilines is 1. The smallest absolute Gasteiger partial charge is 0.288 e. The fourth-order valence-corrected chi connectivity index (χ4v) is 2.86. The molecule has 0 unspecified atom stereocenters. The van der Waals surface area contributed by atoms with Crippen molar-refractivity contribution in [1.82, 2.24) is 29.7 Å². The fourth-order valence-electron chi connectivity index (χ4n) is 2.86. The van der Waals surface area contributed by atoms with Gasteiger partial charge in [-0.15, -0.1) is 0 Å². The Hall–Kier alpha value is -4.21. The predicted molar refractivity (Wildman–Crippen MR) is 132 cm³/mol. The number of aromatic nitrogens is 2. The van der Waals surface area contributed by atoms with Crippen LogP contribution in [0.3, 0.4) is 0 Å². The van der Waals surface area contributed by atoms with Crippen LogP contribution in [0.25, 0.3) is 0 Å². The van der Waals surface area contributed by atoms with E-state index in [-0.39, 0.29) is 5.91 Å². The highest BCUT2D eigenvalue weighted by Gasteiger charge is 2.10. The molecule has 0 spiro atoms. The first-order valence-electron chi connectivity index (χ1n) is 10.3. The number of aldehydes is 1. The van der Waals surface area contributed by atoms with Gasteiger partial charge in [0.25, 0.3) is 5.91 Å².